The summed E-state index contributed by atoms with van der Waals surface area (Å²) in [6.07, 6.45) is 1.86. The summed E-state index contributed by atoms with van der Waals surface area (Å²) in [5.74, 6) is 0. The molecule has 0 saturated heterocycles. The van der Waals surface area contributed by atoms with Gasteiger partial charge in [-0.1, -0.05) is 48.5 Å². The molecule has 0 spiro atoms. The van der Waals surface area contributed by atoms with E-state index in [9.17, 15) is 0 Å². The molecule has 0 unspecified atom stereocenters. The minimum absolute atomic E-state index is 1.05. The summed E-state index contributed by atoms with van der Waals surface area (Å²) in [5.41, 5.74) is 3.40. The molecule has 21 heavy (non-hydrogen) atoms. The highest BCUT2D eigenvalue weighted by molar-refractivity contribution is 7.22. The molecule has 4 aromatic rings. The van der Waals surface area contributed by atoms with Gasteiger partial charge in [0, 0.05) is 26.9 Å². The van der Waals surface area contributed by atoms with Gasteiger partial charge in [-0.15, -0.1) is 11.3 Å². The van der Waals surface area contributed by atoms with Crippen LogP contribution in [-0.2, 0) is 0 Å². The Hall–Kier alpha value is -2.45. The van der Waals surface area contributed by atoms with Gasteiger partial charge in [0.1, 0.15) is 0 Å². The minimum atomic E-state index is 1.05. The van der Waals surface area contributed by atoms with Crippen LogP contribution in [0.5, 0.6) is 0 Å². The lowest BCUT2D eigenvalue weighted by Crippen LogP contribution is -1.86. The van der Waals surface area contributed by atoms with E-state index in [4.69, 9.17) is 0 Å². The largest absolute Gasteiger partial charge is 0.256 e. The zero-order valence-electron chi connectivity index (χ0n) is 11.4. The van der Waals surface area contributed by atoms with E-state index >= 15 is 0 Å². The molecule has 0 N–H and O–H groups in total. The van der Waals surface area contributed by atoms with Crippen LogP contribution in [0.15, 0.2) is 79.0 Å². The van der Waals surface area contributed by atoms with E-state index < -0.39 is 0 Å². The first kappa shape index (κ1) is 12.3. The predicted molar refractivity (Wildman–Crippen MR) is 90.5 cm³/mol. The molecule has 0 bridgehead atoms. The van der Waals surface area contributed by atoms with E-state index in [-0.39, 0.29) is 0 Å². The smallest absolute Gasteiger partial charge is 0.0788 e. The van der Waals surface area contributed by atoms with Crippen molar-refractivity contribution in [2.75, 3.05) is 0 Å². The van der Waals surface area contributed by atoms with E-state index in [1.54, 1.807) is 0 Å². The van der Waals surface area contributed by atoms with Crippen LogP contribution in [0.3, 0.4) is 0 Å². The lowest BCUT2D eigenvalue weighted by atomic mass is 10.0. The summed E-state index contributed by atoms with van der Waals surface area (Å²) in [5, 5.41) is 1.29. The molecule has 0 aliphatic carbocycles. The highest BCUT2D eigenvalue weighted by atomic mass is 32.1. The molecule has 0 aliphatic heterocycles. The van der Waals surface area contributed by atoms with Crippen LogP contribution in [0.4, 0.5) is 0 Å². The third kappa shape index (κ3) is 2.24. The molecule has 0 fully saturated rings. The highest BCUT2D eigenvalue weighted by Crippen LogP contribution is 2.37. The van der Waals surface area contributed by atoms with Crippen molar-refractivity contribution in [1.82, 2.24) is 4.98 Å². The number of aromatic nitrogens is 1. The molecule has 0 aliphatic rings. The van der Waals surface area contributed by atoms with Gasteiger partial charge in [0.25, 0.3) is 0 Å². The van der Waals surface area contributed by atoms with Gasteiger partial charge in [0.05, 0.1) is 5.69 Å². The number of nitrogens with zero attached hydrogens (tertiary/aromatic N) is 1. The van der Waals surface area contributed by atoms with Crippen molar-refractivity contribution < 1.29 is 0 Å². The number of thiophene rings is 1. The van der Waals surface area contributed by atoms with Crippen molar-refractivity contribution in [2.45, 2.75) is 0 Å². The van der Waals surface area contributed by atoms with Gasteiger partial charge in [0.15, 0.2) is 0 Å². The molecule has 100 valence electrons. The number of benzene rings is 2. The molecule has 4 rings (SSSR count). The van der Waals surface area contributed by atoms with Gasteiger partial charge in [-0.25, -0.2) is 0 Å². The van der Waals surface area contributed by atoms with Crippen molar-refractivity contribution >= 4 is 21.4 Å². The van der Waals surface area contributed by atoms with E-state index in [1.165, 1.54) is 20.5 Å². The van der Waals surface area contributed by atoms with Crippen molar-refractivity contribution in [3.63, 3.8) is 0 Å². The van der Waals surface area contributed by atoms with Crippen LogP contribution in [0.2, 0.25) is 0 Å². The number of hydrogen-bond acceptors (Lipinski definition) is 2. The lowest BCUT2D eigenvalue weighted by molar-refractivity contribution is 1.33. The second kappa shape index (κ2) is 5.15. The average Bonchev–Trinajstić information content (AvgIpc) is 2.99. The van der Waals surface area contributed by atoms with E-state index in [0.717, 1.165) is 11.3 Å². The Morgan fingerprint density at radius 2 is 1.57 bits per heavy atom. The number of rotatable bonds is 2. The molecule has 0 amide bonds. The first-order valence-corrected chi connectivity index (χ1v) is 7.73. The maximum atomic E-state index is 4.60. The normalized spacial score (nSPS) is 10.9. The predicted octanol–water partition coefficient (Wildman–Crippen LogP) is 5.63. The van der Waals surface area contributed by atoms with Gasteiger partial charge in [-0.3, -0.25) is 4.98 Å². The summed E-state index contributed by atoms with van der Waals surface area (Å²) in [7, 11) is 0. The van der Waals surface area contributed by atoms with Crippen LogP contribution >= 0.6 is 11.3 Å². The average molecular weight is 287 g/mol. The zero-order chi connectivity index (χ0) is 14.1. The quantitative estimate of drug-likeness (QED) is 0.465. The van der Waals surface area contributed by atoms with Gasteiger partial charge < -0.3 is 0 Å². The zero-order valence-corrected chi connectivity index (χ0v) is 12.2. The molecule has 0 saturated carbocycles. The van der Waals surface area contributed by atoms with Crippen LogP contribution in [-0.4, -0.2) is 4.98 Å². The third-order valence-corrected chi connectivity index (χ3v) is 4.70. The van der Waals surface area contributed by atoms with Crippen LogP contribution in [0, 0.1) is 0 Å². The Kier molecular flexibility index (Phi) is 3.02. The number of hydrogen-bond donors (Lipinski definition) is 0. The fourth-order valence-corrected chi connectivity index (χ4v) is 3.63. The topological polar surface area (TPSA) is 12.9 Å². The lowest BCUT2D eigenvalue weighted by Gasteiger charge is -2.06. The minimum Gasteiger partial charge on any atom is -0.256 e. The van der Waals surface area contributed by atoms with Gasteiger partial charge in [0.2, 0.25) is 0 Å². The summed E-state index contributed by atoms with van der Waals surface area (Å²) < 4.78 is 1.32. The maximum absolute atomic E-state index is 4.60. The molecular weight excluding hydrogens is 274 g/mol. The molecule has 0 atom stereocenters. The van der Waals surface area contributed by atoms with Crippen LogP contribution in [0.1, 0.15) is 0 Å². The summed E-state index contributed by atoms with van der Waals surface area (Å²) in [6.45, 7) is 0. The SMILES string of the molecule is c1ccc(-c2ncccc2-c2cc3ccccc3s2)cc1. The fourth-order valence-electron chi connectivity index (χ4n) is 2.54. The van der Waals surface area contributed by atoms with Crippen LogP contribution < -0.4 is 0 Å². The maximum Gasteiger partial charge on any atom is 0.0788 e. The second-order valence-corrected chi connectivity index (χ2v) is 6.00. The van der Waals surface area contributed by atoms with Crippen molar-refractivity contribution in [3.05, 3.63) is 79.0 Å². The van der Waals surface area contributed by atoms with Crippen LogP contribution in [0.25, 0.3) is 31.8 Å². The number of fused-ring (bicyclic) bond motifs is 1. The molecule has 0 radical (unpaired) electrons. The van der Waals surface area contributed by atoms with E-state index in [0.29, 0.717) is 0 Å². The first-order valence-electron chi connectivity index (χ1n) is 6.91. The monoisotopic (exact) mass is 287 g/mol. The van der Waals surface area contributed by atoms with Gasteiger partial charge >= 0.3 is 0 Å². The molecule has 2 heteroatoms. The Balaban J connectivity index is 1.93. The van der Waals surface area contributed by atoms with Crippen molar-refractivity contribution in [1.29, 1.82) is 0 Å². The van der Waals surface area contributed by atoms with Crippen molar-refractivity contribution in [2.24, 2.45) is 0 Å². The summed E-state index contributed by atoms with van der Waals surface area (Å²) >= 11 is 1.82. The fraction of sp³-hybridized carbons (Fsp3) is 0. The number of pyridine rings is 1. The Bertz CT molecular complexity index is 861. The van der Waals surface area contributed by atoms with Gasteiger partial charge in [-0.05, 0) is 29.7 Å². The Morgan fingerprint density at radius 3 is 2.43 bits per heavy atom. The molecular formula is C19H13NS. The standard InChI is InChI=1S/C19H13NS/c1-2-7-14(8-3-1)19-16(10-6-12-20-19)18-13-15-9-4-5-11-17(15)21-18/h1-13H. The highest BCUT2D eigenvalue weighted by Gasteiger charge is 2.10. The molecule has 2 heterocycles. The first-order chi connectivity index (χ1) is 10.4. The molecule has 2 aromatic carbocycles. The second-order valence-electron chi connectivity index (χ2n) is 4.91. The molecule has 2 aromatic heterocycles. The summed E-state index contributed by atoms with van der Waals surface area (Å²) in [6, 6.07) is 25.3. The Labute approximate surface area is 127 Å². The van der Waals surface area contributed by atoms with E-state index in [1.807, 2.05) is 29.7 Å². The van der Waals surface area contributed by atoms with E-state index in [2.05, 4.69) is 65.6 Å². The van der Waals surface area contributed by atoms with Gasteiger partial charge in [-0.2, -0.15) is 0 Å². The summed E-state index contributed by atoms with van der Waals surface area (Å²) in [4.78, 5) is 5.87. The van der Waals surface area contributed by atoms with Crippen molar-refractivity contribution in [3.8, 4) is 21.7 Å². The molecule has 1 nitrogen and oxygen atoms in total. The Morgan fingerprint density at radius 1 is 0.762 bits per heavy atom. The third-order valence-electron chi connectivity index (χ3n) is 3.55.